The average Bonchev–Trinajstić information content (AvgIpc) is 2.91. The quantitative estimate of drug-likeness (QED) is 0.266. The minimum absolute atomic E-state index is 0.161. The highest BCUT2D eigenvalue weighted by molar-refractivity contribution is 7.89. The normalized spacial score (nSPS) is 16.5. The van der Waals surface area contributed by atoms with Crippen molar-refractivity contribution in [3.05, 3.63) is 53.2 Å². The van der Waals surface area contributed by atoms with Crippen LogP contribution in [0.15, 0.2) is 41.3 Å². The molecule has 0 saturated carbocycles. The molecule has 0 spiro atoms. The molecular formula is C27H32F3N5O6S. The summed E-state index contributed by atoms with van der Waals surface area (Å²) in [5.41, 5.74) is 1.00. The predicted molar refractivity (Wildman–Crippen MR) is 145 cm³/mol. The number of fused-ring (bicyclic) bond motifs is 1. The maximum Gasteiger partial charge on any atom is 0.416 e. The molecule has 1 atom stereocenters. The van der Waals surface area contributed by atoms with E-state index in [-0.39, 0.29) is 32.0 Å². The van der Waals surface area contributed by atoms with Gasteiger partial charge in [0.15, 0.2) is 0 Å². The number of anilines is 1. The SMILES string of the molecule is O=C(CCCCc1ccc2c(n1)NCCC2)NCC(NC(=O)C1CN(S(=O)(=O)c2cccc(C(F)(F)F)c2)C1)C(=O)O. The zero-order chi connectivity index (χ0) is 30.5. The molecule has 1 fully saturated rings. The van der Waals surface area contributed by atoms with Crippen molar-refractivity contribution in [2.75, 3.05) is 31.5 Å². The number of nitrogens with zero attached hydrogens (tertiary/aromatic N) is 2. The first kappa shape index (κ1) is 31.2. The van der Waals surface area contributed by atoms with Crippen LogP contribution in [0.5, 0.6) is 0 Å². The number of aryl methyl sites for hydroxylation is 2. The van der Waals surface area contributed by atoms with E-state index in [0.29, 0.717) is 25.3 Å². The van der Waals surface area contributed by atoms with Gasteiger partial charge < -0.3 is 21.1 Å². The molecule has 4 N–H and O–H groups in total. The van der Waals surface area contributed by atoms with Crippen molar-refractivity contribution in [3.8, 4) is 0 Å². The van der Waals surface area contributed by atoms with Gasteiger partial charge in [0, 0.05) is 38.3 Å². The van der Waals surface area contributed by atoms with Gasteiger partial charge in [-0.05, 0) is 61.9 Å². The van der Waals surface area contributed by atoms with Crippen LogP contribution in [0, 0.1) is 5.92 Å². The van der Waals surface area contributed by atoms with E-state index in [1.165, 1.54) is 5.56 Å². The number of carboxylic acid groups (broad SMARTS) is 1. The Labute approximate surface area is 240 Å². The molecule has 11 nitrogen and oxygen atoms in total. The average molecular weight is 612 g/mol. The number of unbranched alkanes of at least 4 members (excludes halogenated alkanes) is 1. The number of rotatable bonds is 12. The monoisotopic (exact) mass is 611 g/mol. The molecule has 1 aromatic heterocycles. The van der Waals surface area contributed by atoms with Crippen molar-refractivity contribution in [2.24, 2.45) is 5.92 Å². The molecule has 0 radical (unpaired) electrons. The van der Waals surface area contributed by atoms with Crippen LogP contribution in [0.2, 0.25) is 0 Å². The summed E-state index contributed by atoms with van der Waals surface area (Å²) in [6, 6.07) is 5.89. The summed E-state index contributed by atoms with van der Waals surface area (Å²) in [5.74, 6) is -2.49. The number of nitrogens with one attached hydrogen (secondary N) is 3. The van der Waals surface area contributed by atoms with Crippen molar-refractivity contribution in [1.82, 2.24) is 19.9 Å². The van der Waals surface area contributed by atoms with Crippen LogP contribution in [0.1, 0.15) is 42.5 Å². The standard InChI is InChI=1S/C27H32F3N5O6S/c28-27(29,30)19-6-3-8-21(13-19)42(40,41)35-15-18(16-35)25(37)34-22(26(38)39)14-32-23(36)9-2-1-7-20-11-10-17-5-4-12-31-24(17)33-20/h3,6,8,10-11,13,18,22H,1-2,4-5,7,9,12,14-16H2,(H,31,33)(H,32,36)(H,34,37)(H,38,39). The first-order chi connectivity index (χ1) is 19.8. The highest BCUT2D eigenvalue weighted by Gasteiger charge is 2.42. The molecule has 0 bridgehead atoms. The number of hydrogen-bond donors (Lipinski definition) is 4. The van der Waals surface area contributed by atoms with Crippen molar-refractivity contribution >= 4 is 33.6 Å². The van der Waals surface area contributed by atoms with Crippen LogP contribution in [-0.4, -0.2) is 72.8 Å². The van der Waals surface area contributed by atoms with Gasteiger partial charge in [-0.3, -0.25) is 9.59 Å². The number of carbonyl (C=O) groups is 3. The number of sulfonamides is 1. The minimum Gasteiger partial charge on any atom is -0.480 e. The van der Waals surface area contributed by atoms with Crippen molar-refractivity contribution in [1.29, 1.82) is 0 Å². The van der Waals surface area contributed by atoms with Gasteiger partial charge >= 0.3 is 12.1 Å². The number of carboxylic acids is 1. The lowest BCUT2D eigenvalue weighted by molar-refractivity contribution is -0.143. The topological polar surface area (TPSA) is 158 Å². The number of amides is 2. The molecule has 4 rings (SSSR count). The van der Waals surface area contributed by atoms with E-state index in [9.17, 15) is 41.1 Å². The number of aliphatic carboxylic acids is 1. The van der Waals surface area contributed by atoms with Gasteiger partial charge in [0.05, 0.1) is 16.4 Å². The summed E-state index contributed by atoms with van der Waals surface area (Å²) in [5, 5.41) is 17.5. The van der Waals surface area contributed by atoms with E-state index in [1.54, 1.807) is 0 Å². The number of alkyl halides is 3. The third kappa shape index (κ3) is 7.76. The Morgan fingerprint density at radius 1 is 1.14 bits per heavy atom. The highest BCUT2D eigenvalue weighted by Crippen LogP contribution is 2.32. The fraction of sp³-hybridized carbons (Fsp3) is 0.481. The Balaban J connectivity index is 1.19. The van der Waals surface area contributed by atoms with Crippen LogP contribution in [0.25, 0.3) is 0 Å². The Morgan fingerprint density at radius 3 is 2.62 bits per heavy atom. The van der Waals surface area contributed by atoms with Crippen LogP contribution >= 0.6 is 0 Å². The Bertz CT molecular complexity index is 1430. The summed E-state index contributed by atoms with van der Waals surface area (Å²) < 4.78 is 65.1. The van der Waals surface area contributed by atoms with Gasteiger partial charge in [-0.1, -0.05) is 12.1 Å². The van der Waals surface area contributed by atoms with Crippen molar-refractivity contribution in [2.45, 2.75) is 55.6 Å². The molecule has 2 aliphatic heterocycles. The fourth-order valence-electron chi connectivity index (χ4n) is 4.68. The molecule has 2 amide bonds. The first-order valence-electron chi connectivity index (χ1n) is 13.5. The zero-order valence-corrected chi connectivity index (χ0v) is 23.4. The van der Waals surface area contributed by atoms with E-state index in [0.717, 1.165) is 53.4 Å². The van der Waals surface area contributed by atoms with E-state index >= 15 is 0 Å². The minimum atomic E-state index is -4.72. The Hall–Kier alpha value is -3.72. The van der Waals surface area contributed by atoms with E-state index < -0.39 is 50.5 Å². The summed E-state index contributed by atoms with van der Waals surface area (Å²) in [4.78, 5) is 40.5. The van der Waals surface area contributed by atoms with Crippen LogP contribution in [-0.2, 0) is 43.4 Å². The molecule has 42 heavy (non-hydrogen) atoms. The lowest BCUT2D eigenvalue weighted by Crippen LogP contribution is -2.58. The Kier molecular flexibility index (Phi) is 9.71. The second-order valence-corrected chi connectivity index (χ2v) is 12.2. The van der Waals surface area contributed by atoms with Gasteiger partial charge in [0.1, 0.15) is 11.9 Å². The number of halogens is 3. The molecule has 1 saturated heterocycles. The lowest BCUT2D eigenvalue weighted by Gasteiger charge is -2.37. The molecule has 1 aromatic carbocycles. The highest BCUT2D eigenvalue weighted by atomic mass is 32.2. The van der Waals surface area contributed by atoms with Gasteiger partial charge in [-0.2, -0.15) is 17.5 Å². The van der Waals surface area contributed by atoms with E-state index in [2.05, 4.69) is 27.0 Å². The maximum atomic E-state index is 13.0. The smallest absolute Gasteiger partial charge is 0.416 e. The van der Waals surface area contributed by atoms with Gasteiger partial charge in [0.2, 0.25) is 21.8 Å². The van der Waals surface area contributed by atoms with Crippen LogP contribution in [0.3, 0.4) is 0 Å². The summed E-state index contributed by atoms with van der Waals surface area (Å²) >= 11 is 0. The van der Waals surface area contributed by atoms with Gasteiger partial charge in [-0.15, -0.1) is 0 Å². The maximum absolute atomic E-state index is 13.0. The number of aromatic nitrogens is 1. The first-order valence-corrected chi connectivity index (χ1v) is 15.0. The summed E-state index contributed by atoms with van der Waals surface area (Å²) in [6.07, 6.45) is -0.530. The summed E-state index contributed by atoms with van der Waals surface area (Å²) in [7, 11) is -4.28. The second kappa shape index (κ2) is 13.1. The second-order valence-electron chi connectivity index (χ2n) is 10.3. The van der Waals surface area contributed by atoms with Crippen molar-refractivity contribution in [3.63, 3.8) is 0 Å². The van der Waals surface area contributed by atoms with E-state index in [1.807, 2.05) is 6.07 Å². The summed E-state index contributed by atoms with van der Waals surface area (Å²) in [6.45, 7) is -0.112. The number of pyridine rings is 1. The van der Waals surface area contributed by atoms with Gasteiger partial charge in [0.25, 0.3) is 0 Å². The van der Waals surface area contributed by atoms with Crippen molar-refractivity contribution < 1.29 is 41.1 Å². The molecule has 0 aliphatic carbocycles. The third-order valence-electron chi connectivity index (χ3n) is 7.17. The number of carbonyl (C=O) groups excluding carboxylic acids is 2. The fourth-order valence-corrected chi connectivity index (χ4v) is 6.25. The molecule has 3 heterocycles. The largest absolute Gasteiger partial charge is 0.480 e. The third-order valence-corrected chi connectivity index (χ3v) is 9.00. The number of hydrogen-bond acceptors (Lipinski definition) is 7. The number of benzene rings is 1. The lowest BCUT2D eigenvalue weighted by atomic mass is 10.0. The molecular weight excluding hydrogens is 579 g/mol. The van der Waals surface area contributed by atoms with Crippen LogP contribution in [0.4, 0.5) is 19.0 Å². The molecule has 2 aromatic rings. The predicted octanol–water partition coefficient (Wildman–Crippen LogP) is 2.18. The zero-order valence-electron chi connectivity index (χ0n) is 22.6. The van der Waals surface area contributed by atoms with Gasteiger partial charge in [-0.25, -0.2) is 18.2 Å². The van der Waals surface area contributed by atoms with Crippen LogP contribution < -0.4 is 16.0 Å². The van der Waals surface area contributed by atoms with E-state index in [4.69, 9.17) is 0 Å². The molecule has 228 valence electrons. The molecule has 15 heteroatoms. The molecule has 2 aliphatic rings. The Morgan fingerprint density at radius 2 is 1.90 bits per heavy atom. The molecule has 1 unspecified atom stereocenters.